The maximum absolute atomic E-state index is 12.2. The second kappa shape index (κ2) is 9.89. The smallest absolute Gasteiger partial charge is 0.306 e. The van der Waals surface area contributed by atoms with Gasteiger partial charge in [0.25, 0.3) is 11.8 Å². The maximum Gasteiger partial charge on any atom is 0.306 e. The minimum atomic E-state index is -0.543. The van der Waals surface area contributed by atoms with Crippen molar-refractivity contribution in [1.29, 1.82) is 0 Å². The topological polar surface area (TPSA) is 111 Å². The van der Waals surface area contributed by atoms with Gasteiger partial charge in [0.1, 0.15) is 5.75 Å². The second-order valence-electron chi connectivity index (χ2n) is 6.50. The highest BCUT2D eigenvalue weighted by Crippen LogP contribution is 2.28. The quantitative estimate of drug-likeness (QED) is 0.378. The van der Waals surface area contributed by atoms with Gasteiger partial charge in [-0.3, -0.25) is 19.2 Å². The molecule has 0 fully saturated rings. The summed E-state index contributed by atoms with van der Waals surface area (Å²) in [5.41, 5.74) is 1.17. The summed E-state index contributed by atoms with van der Waals surface area (Å²) < 4.78 is 10.2. The Kier molecular flexibility index (Phi) is 7.03. The minimum absolute atomic E-state index is 0.0578. The van der Waals surface area contributed by atoms with E-state index in [-0.39, 0.29) is 31.4 Å². The number of carbonyl (C=O) groups excluding carboxylic acids is 4. The zero-order valence-electron chi connectivity index (χ0n) is 15.9. The Labute approximate surface area is 177 Å². The van der Waals surface area contributed by atoms with Crippen LogP contribution in [0.15, 0.2) is 42.5 Å². The fourth-order valence-electron chi connectivity index (χ4n) is 2.70. The van der Waals surface area contributed by atoms with Crippen LogP contribution in [-0.2, 0) is 14.3 Å². The summed E-state index contributed by atoms with van der Waals surface area (Å²) >= 11 is 5.78. The molecule has 9 heteroatoms. The van der Waals surface area contributed by atoms with Gasteiger partial charge in [0.15, 0.2) is 19.0 Å². The molecule has 0 aliphatic carbocycles. The summed E-state index contributed by atoms with van der Waals surface area (Å²) in [6.07, 6.45) is 0.427. The summed E-state index contributed by atoms with van der Waals surface area (Å²) in [4.78, 5) is 47.4. The lowest BCUT2D eigenvalue weighted by Gasteiger charge is -2.18. The molecule has 0 saturated carbocycles. The van der Waals surface area contributed by atoms with Gasteiger partial charge in [0, 0.05) is 29.1 Å². The first-order valence-corrected chi connectivity index (χ1v) is 9.59. The predicted octanol–water partition coefficient (Wildman–Crippen LogP) is 2.61. The van der Waals surface area contributed by atoms with E-state index in [9.17, 15) is 19.2 Å². The number of esters is 1. The largest absolute Gasteiger partial charge is 0.482 e. The molecule has 1 heterocycles. The number of Topliss-reactive ketones (excluding diaryl/α,β-unsaturated/α-hetero) is 1. The molecule has 30 heavy (non-hydrogen) atoms. The zero-order valence-corrected chi connectivity index (χ0v) is 16.7. The first-order valence-electron chi connectivity index (χ1n) is 9.21. The third kappa shape index (κ3) is 5.81. The van der Waals surface area contributed by atoms with Crippen molar-refractivity contribution in [3.63, 3.8) is 0 Å². The van der Waals surface area contributed by atoms with Gasteiger partial charge in [-0.05, 0) is 48.9 Å². The number of amides is 2. The lowest BCUT2D eigenvalue weighted by Crippen LogP contribution is -2.26. The molecule has 0 spiro atoms. The van der Waals surface area contributed by atoms with Crippen molar-refractivity contribution in [2.75, 3.05) is 25.1 Å². The Bertz CT molecular complexity index is 974. The second-order valence-corrected chi connectivity index (χ2v) is 6.93. The number of hydrogen-bond acceptors (Lipinski definition) is 6. The molecular weight excluding hydrogens is 412 g/mol. The van der Waals surface area contributed by atoms with E-state index in [1.54, 1.807) is 36.4 Å². The lowest BCUT2D eigenvalue weighted by atomic mass is 10.1. The Hall–Kier alpha value is -3.39. The van der Waals surface area contributed by atoms with Crippen LogP contribution < -0.4 is 15.4 Å². The van der Waals surface area contributed by atoms with E-state index >= 15 is 0 Å². The zero-order chi connectivity index (χ0) is 21.5. The van der Waals surface area contributed by atoms with Crippen molar-refractivity contribution in [3.05, 3.63) is 58.6 Å². The molecule has 2 aromatic rings. The van der Waals surface area contributed by atoms with Gasteiger partial charge >= 0.3 is 5.97 Å². The minimum Gasteiger partial charge on any atom is -0.482 e. The highest BCUT2D eigenvalue weighted by molar-refractivity contribution is 6.30. The van der Waals surface area contributed by atoms with Crippen molar-refractivity contribution < 1.29 is 28.7 Å². The standard InChI is InChI=1S/C21H19ClN2O6/c22-15-6-3-13(4-7-15)21(28)23-9-1-2-20(27)30-11-17(25)14-5-8-18-16(10-14)24-19(26)12-29-18/h3-8,10H,1-2,9,11-12H2,(H,23,28)(H,24,26). The number of benzene rings is 2. The number of halogens is 1. The molecule has 0 bridgehead atoms. The molecule has 0 atom stereocenters. The summed E-state index contributed by atoms with van der Waals surface area (Å²) in [5, 5.41) is 5.85. The fourth-order valence-corrected chi connectivity index (χ4v) is 2.82. The van der Waals surface area contributed by atoms with E-state index in [0.29, 0.717) is 34.0 Å². The molecule has 2 aromatic carbocycles. The van der Waals surface area contributed by atoms with Crippen LogP contribution >= 0.6 is 11.6 Å². The average molecular weight is 431 g/mol. The number of nitrogens with one attached hydrogen (secondary N) is 2. The molecule has 8 nitrogen and oxygen atoms in total. The molecule has 2 N–H and O–H groups in total. The SMILES string of the molecule is O=C1COc2ccc(C(=O)COC(=O)CCCNC(=O)c3ccc(Cl)cc3)cc2N1. The number of fused-ring (bicyclic) bond motifs is 1. The summed E-state index contributed by atoms with van der Waals surface area (Å²) in [6, 6.07) is 11.1. The van der Waals surface area contributed by atoms with Gasteiger partial charge in [-0.15, -0.1) is 0 Å². The van der Waals surface area contributed by atoms with Crippen molar-refractivity contribution in [1.82, 2.24) is 5.32 Å². The number of hydrogen-bond donors (Lipinski definition) is 2. The van der Waals surface area contributed by atoms with Crippen molar-refractivity contribution in [3.8, 4) is 5.75 Å². The van der Waals surface area contributed by atoms with E-state index in [1.807, 2.05) is 0 Å². The van der Waals surface area contributed by atoms with Crippen LogP contribution in [0, 0.1) is 0 Å². The summed E-state index contributed by atoms with van der Waals surface area (Å²) in [6.45, 7) is -0.198. The molecule has 0 saturated heterocycles. The van der Waals surface area contributed by atoms with Crippen LogP contribution in [0.5, 0.6) is 5.75 Å². The van der Waals surface area contributed by atoms with Gasteiger partial charge in [-0.25, -0.2) is 0 Å². The average Bonchev–Trinajstić information content (AvgIpc) is 2.74. The Balaban J connectivity index is 1.38. The lowest BCUT2D eigenvalue weighted by molar-refractivity contribution is -0.142. The molecular formula is C21H19ClN2O6. The number of ether oxygens (including phenoxy) is 2. The molecule has 2 amide bonds. The molecule has 0 radical (unpaired) electrons. The van der Waals surface area contributed by atoms with Crippen molar-refractivity contribution in [2.45, 2.75) is 12.8 Å². The first kappa shape index (κ1) is 21.3. The van der Waals surface area contributed by atoms with E-state index in [0.717, 1.165) is 0 Å². The van der Waals surface area contributed by atoms with Gasteiger partial charge in [-0.2, -0.15) is 0 Å². The molecule has 0 aromatic heterocycles. The highest BCUT2D eigenvalue weighted by Gasteiger charge is 2.18. The monoisotopic (exact) mass is 430 g/mol. The Morgan fingerprint density at radius 1 is 1.10 bits per heavy atom. The van der Waals surface area contributed by atoms with E-state index in [1.165, 1.54) is 6.07 Å². The van der Waals surface area contributed by atoms with Crippen LogP contribution in [0.4, 0.5) is 5.69 Å². The molecule has 156 valence electrons. The van der Waals surface area contributed by atoms with Crippen molar-refractivity contribution in [2.24, 2.45) is 0 Å². The van der Waals surface area contributed by atoms with Gasteiger partial charge < -0.3 is 20.1 Å². The van der Waals surface area contributed by atoms with Gasteiger partial charge in [0.2, 0.25) is 0 Å². The number of rotatable bonds is 8. The van der Waals surface area contributed by atoms with Gasteiger partial charge in [-0.1, -0.05) is 11.6 Å². The van der Waals surface area contributed by atoms with E-state index in [4.69, 9.17) is 21.1 Å². The Morgan fingerprint density at radius 3 is 2.60 bits per heavy atom. The number of anilines is 1. The normalized spacial score (nSPS) is 12.2. The van der Waals surface area contributed by atoms with Crippen LogP contribution in [0.3, 0.4) is 0 Å². The molecule has 1 aliphatic heterocycles. The number of ketones is 1. The fraction of sp³-hybridized carbons (Fsp3) is 0.238. The number of carbonyl (C=O) groups is 4. The van der Waals surface area contributed by atoms with Crippen LogP contribution in [0.2, 0.25) is 5.02 Å². The summed E-state index contributed by atoms with van der Waals surface area (Å²) in [7, 11) is 0. The van der Waals surface area contributed by atoms with E-state index in [2.05, 4.69) is 10.6 Å². The van der Waals surface area contributed by atoms with Gasteiger partial charge in [0.05, 0.1) is 5.69 Å². The first-order chi connectivity index (χ1) is 14.4. The highest BCUT2D eigenvalue weighted by atomic mass is 35.5. The Morgan fingerprint density at radius 2 is 1.83 bits per heavy atom. The molecule has 3 rings (SSSR count). The van der Waals surface area contributed by atoms with Crippen LogP contribution in [-0.4, -0.2) is 43.3 Å². The molecule has 1 aliphatic rings. The molecule has 0 unspecified atom stereocenters. The third-order valence-corrected chi connectivity index (χ3v) is 4.50. The maximum atomic E-state index is 12.2. The predicted molar refractivity (Wildman–Crippen MR) is 109 cm³/mol. The summed E-state index contributed by atoms with van der Waals surface area (Å²) in [5.74, 6) is -1.04. The van der Waals surface area contributed by atoms with Crippen LogP contribution in [0.25, 0.3) is 0 Å². The van der Waals surface area contributed by atoms with Crippen molar-refractivity contribution >= 4 is 40.9 Å². The third-order valence-electron chi connectivity index (χ3n) is 4.25. The van der Waals surface area contributed by atoms with E-state index < -0.39 is 18.4 Å². The van der Waals surface area contributed by atoms with Crippen LogP contribution in [0.1, 0.15) is 33.6 Å².